The molecule has 0 bridgehead atoms. The highest BCUT2D eigenvalue weighted by atomic mass is 16.6. The maximum Gasteiger partial charge on any atom is 0.338 e. The minimum atomic E-state index is -0.789. The summed E-state index contributed by atoms with van der Waals surface area (Å²) in [5.74, 6) is -0.183. The van der Waals surface area contributed by atoms with E-state index in [4.69, 9.17) is 4.74 Å². The van der Waals surface area contributed by atoms with Crippen molar-refractivity contribution in [2.45, 2.75) is 13.0 Å². The number of hydrogen-bond acceptors (Lipinski definition) is 7. The standard InChI is InChI=1S/C14H13N5O4/c1-8-11(13(20)23-2)12(18-14(17-8)15-7-16-18)9-5-3-4-6-10(9)19(21)22/h3-7,12H,1-2H3,(H,15,16,17)/t12-/m1/s1. The molecule has 2 heterocycles. The second-order valence-corrected chi connectivity index (χ2v) is 4.90. The molecule has 0 saturated carbocycles. The minimum absolute atomic E-state index is 0.102. The predicted molar refractivity (Wildman–Crippen MR) is 79.6 cm³/mol. The van der Waals surface area contributed by atoms with Crippen LogP contribution < -0.4 is 5.32 Å². The third kappa shape index (κ3) is 2.31. The molecule has 1 aromatic carbocycles. The van der Waals surface area contributed by atoms with Crippen molar-refractivity contribution in [1.29, 1.82) is 0 Å². The number of ether oxygens (including phenoxy) is 1. The Labute approximate surface area is 130 Å². The molecule has 1 aliphatic heterocycles. The van der Waals surface area contributed by atoms with E-state index in [1.165, 1.54) is 24.2 Å². The molecule has 0 aliphatic carbocycles. The van der Waals surface area contributed by atoms with Crippen molar-refractivity contribution in [3.8, 4) is 0 Å². The van der Waals surface area contributed by atoms with Gasteiger partial charge in [-0.15, -0.1) is 0 Å². The van der Waals surface area contributed by atoms with Gasteiger partial charge in [0.15, 0.2) is 0 Å². The highest BCUT2D eigenvalue weighted by Crippen LogP contribution is 2.38. The van der Waals surface area contributed by atoms with Gasteiger partial charge in [-0.25, -0.2) is 9.48 Å². The SMILES string of the molecule is COC(=O)C1=C(C)Nc2ncnn2[C@@H]1c1ccccc1[N+](=O)[O-]. The Morgan fingerprint density at radius 1 is 1.43 bits per heavy atom. The van der Waals surface area contributed by atoms with Crippen LogP contribution in [0.3, 0.4) is 0 Å². The van der Waals surface area contributed by atoms with Crippen molar-refractivity contribution in [3.05, 3.63) is 57.5 Å². The number of carbonyl (C=O) groups is 1. The van der Waals surface area contributed by atoms with E-state index in [9.17, 15) is 14.9 Å². The van der Waals surface area contributed by atoms with Gasteiger partial charge in [0.1, 0.15) is 12.4 Å². The van der Waals surface area contributed by atoms with E-state index in [1.54, 1.807) is 25.1 Å². The molecule has 9 heteroatoms. The summed E-state index contributed by atoms with van der Waals surface area (Å²) < 4.78 is 6.27. The maximum absolute atomic E-state index is 12.2. The molecule has 118 valence electrons. The molecule has 0 unspecified atom stereocenters. The van der Waals surface area contributed by atoms with Gasteiger partial charge in [0.25, 0.3) is 5.69 Å². The quantitative estimate of drug-likeness (QED) is 0.520. The highest BCUT2D eigenvalue weighted by Gasteiger charge is 2.37. The molecular formula is C14H13N5O4. The first-order valence-electron chi connectivity index (χ1n) is 6.73. The third-order valence-electron chi connectivity index (χ3n) is 3.63. The highest BCUT2D eigenvalue weighted by molar-refractivity contribution is 5.92. The van der Waals surface area contributed by atoms with E-state index < -0.39 is 16.9 Å². The van der Waals surface area contributed by atoms with E-state index in [0.717, 1.165) is 0 Å². The number of methoxy groups -OCH3 is 1. The lowest BCUT2D eigenvalue weighted by molar-refractivity contribution is -0.385. The molecule has 1 N–H and O–H groups in total. The molecule has 0 saturated heterocycles. The van der Waals surface area contributed by atoms with E-state index in [2.05, 4.69) is 15.4 Å². The molecule has 0 radical (unpaired) electrons. The molecule has 0 spiro atoms. The average molecular weight is 315 g/mol. The summed E-state index contributed by atoms with van der Waals surface area (Å²) in [6.07, 6.45) is 1.32. The molecule has 9 nitrogen and oxygen atoms in total. The zero-order chi connectivity index (χ0) is 16.6. The number of nitrogens with one attached hydrogen (secondary N) is 1. The number of allylic oxidation sites excluding steroid dienone is 1. The van der Waals surface area contributed by atoms with Gasteiger partial charge in [0.2, 0.25) is 5.95 Å². The summed E-state index contributed by atoms with van der Waals surface area (Å²) in [6.45, 7) is 1.69. The van der Waals surface area contributed by atoms with Crippen LogP contribution in [0.25, 0.3) is 0 Å². The number of rotatable bonds is 3. The molecule has 0 fully saturated rings. The fourth-order valence-electron chi connectivity index (χ4n) is 2.64. The molecular weight excluding hydrogens is 302 g/mol. The Bertz CT molecular complexity index is 826. The number of aromatic nitrogens is 3. The summed E-state index contributed by atoms with van der Waals surface area (Å²) in [5, 5.41) is 18.4. The molecule has 0 amide bonds. The van der Waals surface area contributed by atoms with Gasteiger partial charge >= 0.3 is 5.97 Å². The van der Waals surface area contributed by atoms with Crippen LogP contribution in [-0.2, 0) is 9.53 Å². The van der Waals surface area contributed by atoms with Crippen LogP contribution in [0.2, 0.25) is 0 Å². The van der Waals surface area contributed by atoms with Crippen LogP contribution in [0.4, 0.5) is 11.6 Å². The smallest absolute Gasteiger partial charge is 0.338 e. The number of para-hydroxylation sites is 1. The number of fused-ring (bicyclic) bond motifs is 1. The third-order valence-corrected chi connectivity index (χ3v) is 3.63. The zero-order valence-corrected chi connectivity index (χ0v) is 12.4. The van der Waals surface area contributed by atoms with Gasteiger partial charge in [0, 0.05) is 11.8 Å². The molecule has 1 atom stereocenters. The van der Waals surface area contributed by atoms with Gasteiger partial charge in [0.05, 0.1) is 23.2 Å². The number of benzene rings is 1. The summed E-state index contributed by atoms with van der Waals surface area (Å²) in [5.41, 5.74) is 1.00. The first kappa shape index (κ1) is 14.7. The number of anilines is 1. The van der Waals surface area contributed by atoms with Crippen LogP contribution in [0.5, 0.6) is 0 Å². The fourth-order valence-corrected chi connectivity index (χ4v) is 2.64. The fraction of sp³-hybridized carbons (Fsp3) is 0.214. The van der Waals surface area contributed by atoms with Crippen LogP contribution in [0.15, 0.2) is 41.9 Å². The Kier molecular flexibility index (Phi) is 3.53. The van der Waals surface area contributed by atoms with Crippen LogP contribution in [0, 0.1) is 10.1 Å². The zero-order valence-electron chi connectivity index (χ0n) is 12.4. The lowest BCUT2D eigenvalue weighted by Crippen LogP contribution is -2.29. The number of nitro benzene ring substituents is 1. The van der Waals surface area contributed by atoms with E-state index in [0.29, 0.717) is 17.2 Å². The Morgan fingerprint density at radius 2 is 2.17 bits per heavy atom. The number of nitro groups is 1. The molecule has 23 heavy (non-hydrogen) atoms. The van der Waals surface area contributed by atoms with Crippen molar-refractivity contribution >= 4 is 17.6 Å². The summed E-state index contributed by atoms with van der Waals surface area (Å²) >= 11 is 0. The van der Waals surface area contributed by atoms with Crippen LogP contribution in [0.1, 0.15) is 18.5 Å². The topological polar surface area (TPSA) is 112 Å². The maximum atomic E-state index is 12.2. The van der Waals surface area contributed by atoms with Crippen molar-refractivity contribution in [2.24, 2.45) is 0 Å². The molecule has 2 aromatic rings. The second kappa shape index (κ2) is 5.52. The summed E-state index contributed by atoms with van der Waals surface area (Å²) in [4.78, 5) is 27.2. The second-order valence-electron chi connectivity index (χ2n) is 4.90. The predicted octanol–water partition coefficient (Wildman–Crippen LogP) is 1.65. The largest absolute Gasteiger partial charge is 0.466 e. The van der Waals surface area contributed by atoms with Crippen LogP contribution >= 0.6 is 0 Å². The molecule has 1 aromatic heterocycles. The lowest BCUT2D eigenvalue weighted by atomic mass is 9.94. The Balaban J connectivity index is 2.26. The van der Waals surface area contributed by atoms with Gasteiger partial charge in [-0.2, -0.15) is 10.1 Å². The van der Waals surface area contributed by atoms with Crippen molar-refractivity contribution in [2.75, 3.05) is 12.4 Å². The Morgan fingerprint density at radius 3 is 2.87 bits per heavy atom. The summed E-state index contributed by atoms with van der Waals surface area (Å²) in [6, 6.07) is 5.43. The van der Waals surface area contributed by atoms with Crippen LogP contribution in [-0.4, -0.2) is 32.8 Å². The van der Waals surface area contributed by atoms with Crippen molar-refractivity contribution in [1.82, 2.24) is 14.8 Å². The number of esters is 1. The average Bonchev–Trinajstić information content (AvgIpc) is 3.00. The number of hydrogen-bond donors (Lipinski definition) is 1. The van der Waals surface area contributed by atoms with Crippen molar-refractivity contribution < 1.29 is 14.5 Å². The van der Waals surface area contributed by atoms with E-state index in [1.807, 2.05) is 0 Å². The van der Waals surface area contributed by atoms with E-state index >= 15 is 0 Å². The van der Waals surface area contributed by atoms with Crippen molar-refractivity contribution in [3.63, 3.8) is 0 Å². The molecule has 1 aliphatic rings. The van der Waals surface area contributed by atoms with Gasteiger partial charge < -0.3 is 10.1 Å². The number of carbonyl (C=O) groups excluding carboxylic acids is 1. The normalized spacial score (nSPS) is 16.5. The summed E-state index contributed by atoms with van der Waals surface area (Å²) in [7, 11) is 1.26. The monoisotopic (exact) mass is 315 g/mol. The minimum Gasteiger partial charge on any atom is -0.466 e. The van der Waals surface area contributed by atoms with Gasteiger partial charge in [-0.1, -0.05) is 12.1 Å². The van der Waals surface area contributed by atoms with Gasteiger partial charge in [-0.3, -0.25) is 10.1 Å². The Hall–Kier alpha value is -3.23. The first-order valence-corrected chi connectivity index (χ1v) is 6.73. The molecule has 3 rings (SSSR count). The first-order chi connectivity index (χ1) is 11.0. The number of nitrogens with zero attached hydrogens (tertiary/aromatic N) is 4. The van der Waals surface area contributed by atoms with Gasteiger partial charge in [-0.05, 0) is 13.0 Å². The lowest BCUT2D eigenvalue weighted by Gasteiger charge is -2.27. The van der Waals surface area contributed by atoms with E-state index in [-0.39, 0.29) is 11.3 Å².